The Kier molecular flexibility index (Phi) is 15.6. The Labute approximate surface area is 306 Å². The number of aromatic nitrogens is 4. The van der Waals surface area contributed by atoms with Crippen LogP contribution in [-0.2, 0) is 5.41 Å². The second-order valence-corrected chi connectivity index (χ2v) is 11.1. The van der Waals surface area contributed by atoms with Crippen molar-refractivity contribution in [3.8, 4) is 22.4 Å². The summed E-state index contributed by atoms with van der Waals surface area (Å²) in [6, 6.07) is 26.8. The molecule has 260 valence electrons. The number of fused-ring (bicyclic) bond motifs is 1. The van der Waals surface area contributed by atoms with Gasteiger partial charge in [0.05, 0.1) is 22.5 Å². The molecule has 51 heavy (non-hydrogen) atoms. The topological polar surface area (TPSA) is 51.6 Å². The van der Waals surface area contributed by atoms with E-state index in [0.29, 0.717) is 0 Å². The molecule has 1 aliphatic rings. The Morgan fingerprint density at radius 3 is 1.94 bits per heavy atom. The van der Waals surface area contributed by atoms with Crippen molar-refractivity contribution in [2.24, 2.45) is 0 Å². The van der Waals surface area contributed by atoms with Gasteiger partial charge in [-0.3, -0.25) is 15.0 Å². The van der Waals surface area contributed by atoms with Gasteiger partial charge in [0.1, 0.15) is 0 Å². The summed E-state index contributed by atoms with van der Waals surface area (Å²) in [4.78, 5) is 18.6. The number of nitrogens with zero attached hydrogens (tertiary/aromatic N) is 4. The summed E-state index contributed by atoms with van der Waals surface area (Å²) in [5.41, 5.74) is 11.5. The summed E-state index contributed by atoms with van der Waals surface area (Å²) >= 11 is 0. The zero-order valence-electron chi connectivity index (χ0n) is 31.6. The first-order chi connectivity index (χ1) is 25.0. The normalized spacial score (nSPS) is 14.8. The van der Waals surface area contributed by atoms with E-state index >= 15 is 0 Å². The summed E-state index contributed by atoms with van der Waals surface area (Å²) < 4.78 is 0. The third-order valence-electron chi connectivity index (χ3n) is 8.45. The molecule has 4 nitrogen and oxygen atoms in total. The number of benzene rings is 1. The first kappa shape index (κ1) is 39.7. The molecule has 0 saturated carbocycles. The zero-order valence-corrected chi connectivity index (χ0v) is 31.6. The molecule has 5 aromatic rings. The SMILES string of the molecule is C/C=C\C.C=C/C(=C\C)C1(c2ccccn2)C(/C=C\C(=C)c2cc(-c3cccnc3)cc(-c3cccnc3)n2)=C(C)c2ccccc21.CC.CC. The van der Waals surface area contributed by atoms with E-state index in [1.807, 2.05) is 109 Å². The van der Waals surface area contributed by atoms with Crippen LogP contribution >= 0.6 is 0 Å². The Bertz CT molecular complexity index is 1920. The van der Waals surface area contributed by atoms with Crippen molar-refractivity contribution >= 4 is 11.1 Å². The highest BCUT2D eigenvalue weighted by Gasteiger charge is 2.47. The summed E-state index contributed by atoms with van der Waals surface area (Å²) in [6.07, 6.45) is 21.4. The smallest absolute Gasteiger partial charge is 0.0879 e. The molecule has 0 aliphatic heterocycles. The molecule has 4 heteroatoms. The maximum atomic E-state index is 5.03. The van der Waals surface area contributed by atoms with Gasteiger partial charge in [0, 0.05) is 42.1 Å². The molecule has 1 unspecified atom stereocenters. The summed E-state index contributed by atoms with van der Waals surface area (Å²) in [5, 5.41) is 0. The zero-order chi connectivity index (χ0) is 37.2. The highest BCUT2D eigenvalue weighted by molar-refractivity contribution is 5.88. The van der Waals surface area contributed by atoms with Crippen molar-refractivity contribution in [3.63, 3.8) is 0 Å². The third-order valence-corrected chi connectivity index (χ3v) is 8.45. The Hall–Kier alpha value is -5.74. The molecule has 1 aliphatic carbocycles. The van der Waals surface area contributed by atoms with Crippen molar-refractivity contribution in [1.82, 2.24) is 19.9 Å². The van der Waals surface area contributed by atoms with Crippen molar-refractivity contribution in [2.75, 3.05) is 0 Å². The fourth-order valence-electron chi connectivity index (χ4n) is 6.09. The van der Waals surface area contributed by atoms with Crippen molar-refractivity contribution < 1.29 is 0 Å². The molecule has 0 bridgehead atoms. The van der Waals surface area contributed by atoms with Crippen LogP contribution in [0.5, 0.6) is 0 Å². The van der Waals surface area contributed by atoms with E-state index in [1.54, 1.807) is 12.4 Å². The molecule has 0 fully saturated rings. The minimum absolute atomic E-state index is 0.610. The largest absolute Gasteiger partial charge is 0.264 e. The number of pyridine rings is 4. The highest BCUT2D eigenvalue weighted by atomic mass is 14.7. The van der Waals surface area contributed by atoms with E-state index in [1.165, 1.54) is 16.7 Å². The van der Waals surface area contributed by atoms with Crippen LogP contribution in [0.4, 0.5) is 0 Å². The van der Waals surface area contributed by atoms with Crippen LogP contribution in [0.2, 0.25) is 0 Å². The van der Waals surface area contributed by atoms with Crippen molar-refractivity contribution in [3.05, 3.63) is 193 Å². The van der Waals surface area contributed by atoms with E-state index in [4.69, 9.17) is 9.97 Å². The standard InChI is InChI=1S/C39H32N4.C4H8.2C2H6/c1-5-32(6-2)39(38-17-9-10-22-42-38)34(28(4)33-15-7-8-16-35(33)39)19-18-27(3)36-23-31(29-13-11-20-40-25-29)24-37(43-36)30-14-12-21-41-26-30;1-3-4-2;2*1-2/h5-26H,1,3H2,2,4H3;3-4H,1-2H3;2*1-2H3/b19-18-,32-6+;4-3-;;. The average molecular weight is 673 g/mol. The van der Waals surface area contributed by atoms with Gasteiger partial charge in [0.25, 0.3) is 0 Å². The maximum Gasteiger partial charge on any atom is 0.0879 e. The molecule has 0 N–H and O–H groups in total. The van der Waals surface area contributed by atoms with Gasteiger partial charge in [-0.1, -0.05) is 114 Å². The molecule has 0 saturated heterocycles. The van der Waals surface area contributed by atoms with Crippen LogP contribution in [0.15, 0.2) is 171 Å². The quantitative estimate of drug-likeness (QED) is 0.122. The lowest BCUT2D eigenvalue weighted by molar-refractivity contribution is 0.725. The third kappa shape index (κ3) is 8.71. The van der Waals surface area contributed by atoms with Crippen LogP contribution in [0, 0.1) is 0 Å². The van der Waals surface area contributed by atoms with E-state index in [9.17, 15) is 0 Å². The Morgan fingerprint density at radius 1 is 0.725 bits per heavy atom. The van der Waals surface area contributed by atoms with Crippen LogP contribution in [0.1, 0.15) is 77.9 Å². The first-order valence-corrected chi connectivity index (χ1v) is 17.8. The molecule has 6 rings (SSSR count). The van der Waals surface area contributed by atoms with Gasteiger partial charge in [0.15, 0.2) is 0 Å². The van der Waals surface area contributed by atoms with Gasteiger partial charge in [-0.25, -0.2) is 4.98 Å². The molecule has 4 aromatic heterocycles. The predicted molar refractivity (Wildman–Crippen MR) is 220 cm³/mol. The average Bonchev–Trinajstić information content (AvgIpc) is 3.47. The summed E-state index contributed by atoms with van der Waals surface area (Å²) in [7, 11) is 0. The number of allylic oxidation sites excluding steroid dienone is 10. The highest BCUT2D eigenvalue weighted by Crippen LogP contribution is 2.54. The molecule has 1 atom stereocenters. The van der Waals surface area contributed by atoms with Gasteiger partial charge in [-0.05, 0) is 109 Å². The lowest BCUT2D eigenvalue weighted by atomic mass is 9.68. The monoisotopic (exact) mass is 672 g/mol. The number of rotatable bonds is 8. The van der Waals surface area contributed by atoms with Crippen LogP contribution in [0.25, 0.3) is 33.5 Å². The lowest BCUT2D eigenvalue weighted by Crippen LogP contribution is -2.30. The second-order valence-electron chi connectivity index (χ2n) is 11.1. The van der Waals surface area contributed by atoms with Gasteiger partial charge < -0.3 is 0 Å². The molecule has 0 radical (unpaired) electrons. The Balaban J connectivity index is 0.000000809. The lowest BCUT2D eigenvalue weighted by Gasteiger charge is -2.34. The molecule has 4 heterocycles. The van der Waals surface area contributed by atoms with Crippen LogP contribution in [0.3, 0.4) is 0 Å². The number of hydrogen-bond acceptors (Lipinski definition) is 4. The van der Waals surface area contributed by atoms with Gasteiger partial charge in [0.2, 0.25) is 0 Å². The minimum atomic E-state index is -0.610. The van der Waals surface area contributed by atoms with Gasteiger partial charge in [-0.15, -0.1) is 0 Å². The van der Waals surface area contributed by atoms with E-state index in [-0.39, 0.29) is 0 Å². The van der Waals surface area contributed by atoms with E-state index in [2.05, 4.69) is 104 Å². The second kappa shape index (κ2) is 20.1. The summed E-state index contributed by atoms with van der Waals surface area (Å²) in [6.45, 7) is 24.9. The fraction of sp³-hybridized carbons (Fsp3) is 0.191. The van der Waals surface area contributed by atoms with Gasteiger partial charge >= 0.3 is 0 Å². The molecule has 0 amide bonds. The molecule has 0 spiro atoms. The fourth-order valence-corrected chi connectivity index (χ4v) is 6.09. The number of hydrogen-bond donors (Lipinski definition) is 0. The van der Waals surface area contributed by atoms with Crippen LogP contribution in [-0.4, -0.2) is 19.9 Å². The van der Waals surface area contributed by atoms with E-state index in [0.717, 1.165) is 50.5 Å². The van der Waals surface area contributed by atoms with E-state index < -0.39 is 5.41 Å². The first-order valence-electron chi connectivity index (χ1n) is 17.8. The summed E-state index contributed by atoms with van der Waals surface area (Å²) in [5.74, 6) is 0. The predicted octanol–water partition coefficient (Wildman–Crippen LogP) is 12.7. The molecule has 1 aromatic carbocycles. The maximum absolute atomic E-state index is 5.03. The van der Waals surface area contributed by atoms with Gasteiger partial charge in [-0.2, -0.15) is 0 Å². The van der Waals surface area contributed by atoms with Crippen molar-refractivity contribution in [1.29, 1.82) is 0 Å². The minimum Gasteiger partial charge on any atom is -0.264 e. The molecular weight excluding hydrogens is 621 g/mol. The van der Waals surface area contributed by atoms with Crippen LogP contribution < -0.4 is 0 Å². The van der Waals surface area contributed by atoms with Crippen molar-refractivity contribution in [2.45, 2.75) is 60.8 Å². The Morgan fingerprint density at radius 2 is 1.37 bits per heavy atom. The molecular formula is C47H52N4.